The monoisotopic (exact) mass is 342 g/mol. The lowest BCUT2D eigenvalue weighted by molar-refractivity contribution is 0.0147. The van der Waals surface area contributed by atoms with Crippen LogP contribution in [0.1, 0.15) is 59.8 Å². The predicted molar refractivity (Wildman–Crippen MR) is 98.1 cm³/mol. The highest BCUT2D eigenvalue weighted by Crippen LogP contribution is 2.42. The van der Waals surface area contributed by atoms with E-state index < -0.39 is 5.60 Å². The third-order valence-corrected chi connectivity index (χ3v) is 6.68. The normalized spacial score (nSPS) is 25.6. The Labute approximate surface area is 146 Å². The molecular formula is C18H34N2O2S. The van der Waals surface area contributed by atoms with Crippen molar-refractivity contribution in [2.24, 2.45) is 5.92 Å². The fourth-order valence-electron chi connectivity index (χ4n) is 3.45. The molecule has 1 amide bonds. The molecule has 2 aliphatic rings. The van der Waals surface area contributed by atoms with E-state index in [-0.39, 0.29) is 6.09 Å². The SMILES string of the molecule is CSC1(CNC(C)C2CCCN(C(=O)OC(C)(C)C)C2)CCC1. The molecule has 0 aromatic heterocycles. The zero-order chi connectivity index (χ0) is 17.1. The molecule has 0 aromatic carbocycles. The van der Waals surface area contributed by atoms with Gasteiger partial charge in [0.05, 0.1) is 0 Å². The molecule has 2 rings (SSSR count). The summed E-state index contributed by atoms with van der Waals surface area (Å²) in [5.74, 6) is 0.523. The highest BCUT2D eigenvalue weighted by molar-refractivity contribution is 8.00. The predicted octanol–water partition coefficient (Wildman–Crippen LogP) is 3.90. The van der Waals surface area contributed by atoms with Gasteiger partial charge in [0.1, 0.15) is 5.60 Å². The van der Waals surface area contributed by atoms with E-state index in [2.05, 4.69) is 18.5 Å². The Morgan fingerprint density at radius 2 is 2.09 bits per heavy atom. The molecule has 4 nitrogen and oxygen atoms in total. The molecule has 1 aliphatic carbocycles. The molecule has 1 saturated heterocycles. The zero-order valence-electron chi connectivity index (χ0n) is 15.5. The quantitative estimate of drug-likeness (QED) is 0.823. The van der Waals surface area contributed by atoms with Crippen LogP contribution in [0.2, 0.25) is 0 Å². The Balaban J connectivity index is 1.81. The number of hydrogen-bond donors (Lipinski definition) is 1. The first-order valence-electron chi connectivity index (χ1n) is 9.01. The van der Waals surface area contributed by atoms with Crippen LogP contribution in [-0.4, -0.2) is 53.3 Å². The Hall–Kier alpha value is -0.420. The summed E-state index contributed by atoms with van der Waals surface area (Å²) in [5.41, 5.74) is -0.414. The van der Waals surface area contributed by atoms with Crippen molar-refractivity contribution in [3.63, 3.8) is 0 Å². The number of thioether (sulfide) groups is 1. The standard InChI is InChI=1S/C18H34N2O2S/c1-14(19-13-18(23-5)9-7-10-18)15-8-6-11-20(12-15)16(21)22-17(2,3)4/h14-15,19H,6-13H2,1-5H3. The van der Waals surface area contributed by atoms with Crippen LogP contribution in [0.5, 0.6) is 0 Å². The first-order chi connectivity index (χ1) is 10.7. The smallest absolute Gasteiger partial charge is 0.410 e. The van der Waals surface area contributed by atoms with Gasteiger partial charge in [-0.15, -0.1) is 0 Å². The van der Waals surface area contributed by atoms with Gasteiger partial charge in [0.25, 0.3) is 0 Å². The average molecular weight is 343 g/mol. The summed E-state index contributed by atoms with van der Waals surface area (Å²) in [5, 5.41) is 3.75. The van der Waals surface area contributed by atoms with Crippen LogP contribution in [0.15, 0.2) is 0 Å². The van der Waals surface area contributed by atoms with Crippen molar-refractivity contribution in [1.82, 2.24) is 10.2 Å². The lowest BCUT2D eigenvalue weighted by atomic mass is 9.83. The number of nitrogens with zero attached hydrogens (tertiary/aromatic N) is 1. The third kappa shape index (κ3) is 5.28. The lowest BCUT2D eigenvalue weighted by Gasteiger charge is -2.43. The highest BCUT2D eigenvalue weighted by Gasteiger charge is 2.37. The van der Waals surface area contributed by atoms with Crippen LogP contribution in [0.25, 0.3) is 0 Å². The number of piperidine rings is 1. The number of rotatable bonds is 5. The molecule has 0 spiro atoms. The second-order valence-corrected chi connectivity index (χ2v) is 9.51. The molecule has 0 aromatic rings. The zero-order valence-corrected chi connectivity index (χ0v) is 16.3. The Kier molecular flexibility index (Phi) is 6.28. The molecule has 23 heavy (non-hydrogen) atoms. The van der Waals surface area contributed by atoms with E-state index in [4.69, 9.17) is 4.74 Å². The summed E-state index contributed by atoms with van der Waals surface area (Å²) < 4.78 is 5.99. The van der Waals surface area contributed by atoms with E-state index in [1.807, 2.05) is 37.4 Å². The number of likely N-dealkylation sites (tertiary alicyclic amines) is 1. The molecule has 2 atom stereocenters. The molecule has 134 valence electrons. The largest absolute Gasteiger partial charge is 0.444 e. The van der Waals surface area contributed by atoms with Crippen LogP contribution >= 0.6 is 11.8 Å². The van der Waals surface area contributed by atoms with E-state index in [9.17, 15) is 4.79 Å². The fraction of sp³-hybridized carbons (Fsp3) is 0.944. The molecule has 0 radical (unpaired) electrons. The van der Waals surface area contributed by atoms with Gasteiger partial charge in [0.15, 0.2) is 0 Å². The summed E-state index contributed by atoms with van der Waals surface area (Å²) in [6, 6.07) is 0.449. The first-order valence-corrected chi connectivity index (χ1v) is 10.2. The van der Waals surface area contributed by atoms with Crippen molar-refractivity contribution in [3.05, 3.63) is 0 Å². The van der Waals surface area contributed by atoms with Crippen molar-refractivity contribution in [1.29, 1.82) is 0 Å². The number of carbonyl (C=O) groups excluding carboxylic acids is 1. The van der Waals surface area contributed by atoms with Gasteiger partial charge in [-0.3, -0.25) is 0 Å². The van der Waals surface area contributed by atoms with Gasteiger partial charge in [0.2, 0.25) is 0 Å². The minimum Gasteiger partial charge on any atom is -0.444 e. The van der Waals surface area contributed by atoms with Crippen molar-refractivity contribution >= 4 is 17.9 Å². The molecule has 2 unspecified atom stereocenters. The Morgan fingerprint density at radius 3 is 2.61 bits per heavy atom. The van der Waals surface area contributed by atoms with Gasteiger partial charge in [-0.25, -0.2) is 4.79 Å². The maximum Gasteiger partial charge on any atom is 0.410 e. The molecule has 1 saturated carbocycles. The minimum atomic E-state index is -0.414. The van der Waals surface area contributed by atoms with Crippen LogP contribution in [0, 0.1) is 5.92 Å². The number of ether oxygens (including phenoxy) is 1. The lowest BCUT2D eigenvalue weighted by Crippen LogP contribution is -2.51. The van der Waals surface area contributed by atoms with E-state index in [1.165, 1.54) is 25.7 Å². The van der Waals surface area contributed by atoms with Crippen molar-refractivity contribution in [3.8, 4) is 0 Å². The van der Waals surface area contributed by atoms with E-state index in [1.54, 1.807) is 0 Å². The van der Waals surface area contributed by atoms with Gasteiger partial charge >= 0.3 is 6.09 Å². The first kappa shape index (κ1) is 18.9. The maximum absolute atomic E-state index is 12.3. The average Bonchev–Trinajstić information content (AvgIpc) is 2.45. The van der Waals surface area contributed by atoms with E-state index in [0.29, 0.717) is 16.7 Å². The highest BCUT2D eigenvalue weighted by atomic mass is 32.2. The fourth-order valence-corrected chi connectivity index (χ4v) is 4.37. The van der Waals surface area contributed by atoms with E-state index in [0.717, 1.165) is 26.1 Å². The molecule has 5 heteroatoms. The van der Waals surface area contributed by atoms with Crippen LogP contribution in [-0.2, 0) is 4.74 Å². The van der Waals surface area contributed by atoms with Gasteiger partial charge in [0, 0.05) is 30.4 Å². The van der Waals surface area contributed by atoms with Crippen molar-refractivity contribution in [2.75, 3.05) is 25.9 Å². The van der Waals surface area contributed by atoms with Crippen LogP contribution in [0.4, 0.5) is 4.79 Å². The number of carbonyl (C=O) groups is 1. The molecule has 1 N–H and O–H groups in total. The van der Waals surface area contributed by atoms with Gasteiger partial charge in [-0.05, 0) is 65.6 Å². The third-order valence-electron chi connectivity index (χ3n) is 5.26. The summed E-state index contributed by atoms with van der Waals surface area (Å²) in [6.45, 7) is 10.8. The molecule has 0 bridgehead atoms. The van der Waals surface area contributed by atoms with Gasteiger partial charge in [-0.2, -0.15) is 11.8 Å². The topological polar surface area (TPSA) is 41.6 Å². The van der Waals surface area contributed by atoms with Crippen LogP contribution in [0.3, 0.4) is 0 Å². The molecule has 1 heterocycles. The number of nitrogens with one attached hydrogen (secondary N) is 1. The van der Waals surface area contributed by atoms with E-state index >= 15 is 0 Å². The summed E-state index contributed by atoms with van der Waals surface area (Å²) in [4.78, 5) is 14.2. The van der Waals surface area contributed by atoms with Crippen molar-refractivity contribution in [2.45, 2.75) is 76.2 Å². The number of hydrogen-bond acceptors (Lipinski definition) is 4. The molecule has 2 fully saturated rings. The second kappa shape index (κ2) is 7.64. The van der Waals surface area contributed by atoms with Crippen molar-refractivity contribution < 1.29 is 9.53 Å². The summed E-state index contributed by atoms with van der Waals surface area (Å²) >= 11 is 2.01. The Morgan fingerprint density at radius 1 is 1.39 bits per heavy atom. The second-order valence-electron chi connectivity index (χ2n) is 8.24. The summed E-state index contributed by atoms with van der Waals surface area (Å²) in [7, 11) is 0. The minimum absolute atomic E-state index is 0.158. The number of amides is 1. The maximum atomic E-state index is 12.3. The molecular weight excluding hydrogens is 308 g/mol. The van der Waals surface area contributed by atoms with Crippen LogP contribution < -0.4 is 5.32 Å². The van der Waals surface area contributed by atoms with Gasteiger partial charge < -0.3 is 15.0 Å². The Bertz CT molecular complexity index is 399. The van der Waals surface area contributed by atoms with Gasteiger partial charge in [-0.1, -0.05) is 6.42 Å². The summed E-state index contributed by atoms with van der Waals surface area (Å²) in [6.07, 6.45) is 8.38. The molecule has 1 aliphatic heterocycles.